The van der Waals surface area contributed by atoms with Gasteiger partial charge in [0.25, 0.3) is 0 Å². The molecule has 26 heavy (non-hydrogen) atoms. The molecule has 1 aromatic carbocycles. The summed E-state index contributed by atoms with van der Waals surface area (Å²) in [6, 6.07) is 5.65. The Balaban J connectivity index is 1.68. The molecule has 1 aliphatic heterocycles. The molecule has 0 aromatic heterocycles. The first-order valence-electron chi connectivity index (χ1n) is 9.87. The van der Waals surface area contributed by atoms with Gasteiger partial charge in [0.05, 0.1) is 19.8 Å². The number of morpholine rings is 1. The quantitative estimate of drug-likeness (QED) is 0.396. The lowest BCUT2D eigenvalue weighted by atomic mass is 10.1. The number of ether oxygens (including phenoxy) is 3. The van der Waals surface area contributed by atoms with Crippen molar-refractivity contribution in [3.63, 3.8) is 0 Å². The Labute approximate surface area is 157 Å². The summed E-state index contributed by atoms with van der Waals surface area (Å²) in [6.45, 7) is 7.18. The zero-order chi connectivity index (χ0) is 18.5. The van der Waals surface area contributed by atoms with Crippen LogP contribution in [0.5, 0.6) is 5.75 Å². The third-order valence-electron chi connectivity index (χ3n) is 4.55. The van der Waals surface area contributed by atoms with Crippen LogP contribution in [-0.2, 0) is 9.47 Å². The minimum atomic E-state index is 0.443. The highest BCUT2D eigenvalue weighted by Gasteiger charge is 2.19. The second-order valence-electron chi connectivity index (χ2n) is 6.58. The molecule has 1 saturated heterocycles. The van der Waals surface area contributed by atoms with Crippen LogP contribution in [0.3, 0.4) is 0 Å². The molecular formula is C20H32N3O3+. The van der Waals surface area contributed by atoms with E-state index in [9.17, 15) is 0 Å². The average molecular weight is 362 g/mol. The molecule has 0 atom stereocenters. The monoisotopic (exact) mass is 362 g/mol. The van der Waals surface area contributed by atoms with Crippen molar-refractivity contribution in [1.82, 2.24) is 0 Å². The van der Waals surface area contributed by atoms with E-state index in [1.807, 2.05) is 12.1 Å². The predicted molar refractivity (Wildman–Crippen MR) is 104 cm³/mol. The zero-order valence-electron chi connectivity index (χ0n) is 16.0. The third-order valence-corrected chi connectivity index (χ3v) is 4.55. The molecule has 0 amide bonds. The molecule has 144 valence electrons. The van der Waals surface area contributed by atoms with Crippen LogP contribution in [0.4, 0.5) is 11.4 Å². The lowest BCUT2D eigenvalue weighted by Crippen LogP contribution is -2.36. The lowest BCUT2D eigenvalue weighted by molar-refractivity contribution is 0.0973. The summed E-state index contributed by atoms with van der Waals surface area (Å²) < 4.78 is 16.8. The van der Waals surface area contributed by atoms with Crippen LogP contribution < -0.4 is 9.64 Å². The Hall–Kier alpha value is -1.84. The van der Waals surface area contributed by atoms with Gasteiger partial charge in [0.15, 0.2) is 4.98 Å². The van der Waals surface area contributed by atoms with Gasteiger partial charge in [-0.1, -0.05) is 39.0 Å². The smallest absolute Gasteiger partial charge is 0.426 e. The van der Waals surface area contributed by atoms with Crippen LogP contribution in [0.25, 0.3) is 4.98 Å². The van der Waals surface area contributed by atoms with Gasteiger partial charge in [0.2, 0.25) is 11.1 Å². The molecule has 1 aromatic rings. The van der Waals surface area contributed by atoms with Gasteiger partial charge in [-0.15, -0.1) is 0 Å². The van der Waals surface area contributed by atoms with E-state index in [-0.39, 0.29) is 0 Å². The highest BCUT2D eigenvalue weighted by atomic mass is 16.5. The van der Waals surface area contributed by atoms with E-state index < -0.39 is 0 Å². The van der Waals surface area contributed by atoms with Gasteiger partial charge in [0.1, 0.15) is 6.61 Å². The molecule has 0 N–H and O–H groups in total. The first kappa shape index (κ1) is 20.5. The number of unbranched alkanes of at least 4 members (excludes halogenated alkanes) is 5. The van der Waals surface area contributed by atoms with Gasteiger partial charge in [-0.25, -0.2) is 0 Å². The number of hydrogen-bond donors (Lipinski definition) is 0. The van der Waals surface area contributed by atoms with Gasteiger partial charge >= 0.3 is 5.69 Å². The zero-order valence-corrected chi connectivity index (χ0v) is 16.0. The Bertz CT molecular complexity index is 554. The summed E-state index contributed by atoms with van der Waals surface area (Å²) in [7, 11) is 0. The number of diazo groups is 1. The number of anilines is 1. The SMILES string of the molecule is CCCCCCCCOCCOc1cc(N2CCOCC2)ccc1[N+]#N. The molecule has 1 heterocycles. The number of hydrogen-bond acceptors (Lipinski definition) is 5. The van der Waals surface area contributed by atoms with E-state index in [0.717, 1.165) is 45.0 Å². The van der Waals surface area contributed by atoms with Crippen molar-refractivity contribution in [1.29, 1.82) is 5.39 Å². The van der Waals surface area contributed by atoms with Gasteiger partial charge in [-0.05, 0) is 12.5 Å². The minimum Gasteiger partial charge on any atom is -0.483 e. The highest BCUT2D eigenvalue weighted by molar-refractivity contribution is 5.65. The number of benzene rings is 1. The van der Waals surface area contributed by atoms with Crippen molar-refractivity contribution in [3.8, 4) is 5.75 Å². The Morgan fingerprint density at radius 2 is 1.81 bits per heavy atom. The lowest BCUT2D eigenvalue weighted by Gasteiger charge is -2.28. The molecule has 0 bridgehead atoms. The van der Waals surface area contributed by atoms with Crippen LogP contribution in [0.1, 0.15) is 45.4 Å². The molecule has 0 saturated carbocycles. The van der Waals surface area contributed by atoms with Crippen molar-refractivity contribution in [2.45, 2.75) is 45.4 Å². The standard InChI is InChI=1S/C20H32N3O3/c1-2-3-4-5-6-7-12-24-15-16-26-20-17-18(8-9-19(20)22-21)23-10-13-25-14-11-23/h8-9,17H,2-7,10-16H2,1H3/q+1. The fourth-order valence-corrected chi connectivity index (χ4v) is 3.02. The Morgan fingerprint density at radius 3 is 2.58 bits per heavy atom. The van der Waals surface area contributed by atoms with Gasteiger partial charge in [-0.3, -0.25) is 0 Å². The summed E-state index contributed by atoms with van der Waals surface area (Å²) in [6.07, 6.45) is 7.57. The summed E-state index contributed by atoms with van der Waals surface area (Å²) in [5, 5.41) is 9.16. The van der Waals surface area contributed by atoms with E-state index in [4.69, 9.17) is 19.6 Å². The van der Waals surface area contributed by atoms with Gasteiger partial charge in [-0.2, -0.15) is 0 Å². The summed E-state index contributed by atoms with van der Waals surface area (Å²) in [5.41, 5.74) is 1.50. The summed E-state index contributed by atoms with van der Waals surface area (Å²) in [4.78, 5) is 5.55. The van der Waals surface area contributed by atoms with E-state index in [1.165, 1.54) is 32.1 Å². The molecular weight excluding hydrogens is 330 g/mol. The molecule has 0 aliphatic carbocycles. The normalized spacial score (nSPS) is 14.2. The molecule has 6 nitrogen and oxygen atoms in total. The van der Waals surface area contributed by atoms with E-state index >= 15 is 0 Å². The third kappa shape index (κ3) is 7.19. The highest BCUT2D eigenvalue weighted by Crippen LogP contribution is 2.32. The van der Waals surface area contributed by atoms with E-state index in [2.05, 4.69) is 16.8 Å². The summed E-state index contributed by atoms with van der Waals surface area (Å²) >= 11 is 0. The van der Waals surface area contributed by atoms with Crippen molar-refractivity contribution < 1.29 is 14.2 Å². The predicted octanol–water partition coefficient (Wildman–Crippen LogP) is 4.76. The summed E-state index contributed by atoms with van der Waals surface area (Å²) in [5.74, 6) is 0.583. The second kappa shape index (κ2) is 12.5. The minimum absolute atomic E-state index is 0.443. The molecule has 1 fully saturated rings. The van der Waals surface area contributed by atoms with Crippen molar-refractivity contribution in [2.75, 3.05) is 51.0 Å². The first-order valence-corrected chi connectivity index (χ1v) is 9.87. The van der Waals surface area contributed by atoms with Gasteiger partial charge < -0.3 is 19.1 Å². The van der Waals surface area contributed by atoms with Crippen molar-refractivity contribution in [3.05, 3.63) is 23.2 Å². The average Bonchev–Trinajstić information content (AvgIpc) is 2.70. The van der Waals surface area contributed by atoms with Crippen LogP contribution in [0.15, 0.2) is 18.2 Å². The molecule has 2 rings (SSSR count). The first-order chi connectivity index (χ1) is 12.8. The topological polar surface area (TPSA) is 59.1 Å². The van der Waals surface area contributed by atoms with Crippen molar-refractivity contribution >= 4 is 11.4 Å². The Kier molecular flexibility index (Phi) is 9.84. The fraction of sp³-hybridized carbons (Fsp3) is 0.700. The number of rotatable bonds is 12. The maximum Gasteiger partial charge on any atom is 0.426 e. The van der Waals surface area contributed by atoms with Crippen LogP contribution in [-0.4, -0.2) is 46.1 Å². The maximum absolute atomic E-state index is 9.16. The second-order valence-corrected chi connectivity index (χ2v) is 6.58. The van der Waals surface area contributed by atoms with Crippen LogP contribution >= 0.6 is 0 Å². The van der Waals surface area contributed by atoms with Crippen LogP contribution in [0.2, 0.25) is 0 Å². The Morgan fingerprint density at radius 1 is 1.04 bits per heavy atom. The molecule has 1 aliphatic rings. The number of nitrogens with zero attached hydrogens (tertiary/aromatic N) is 3. The van der Waals surface area contributed by atoms with E-state index in [1.54, 1.807) is 6.07 Å². The van der Waals surface area contributed by atoms with E-state index in [0.29, 0.717) is 24.7 Å². The van der Waals surface area contributed by atoms with Crippen molar-refractivity contribution in [2.24, 2.45) is 0 Å². The van der Waals surface area contributed by atoms with Gasteiger partial charge in [0, 0.05) is 37.5 Å². The maximum atomic E-state index is 9.16. The van der Waals surface area contributed by atoms with Crippen LogP contribution in [0, 0.1) is 5.39 Å². The molecule has 6 heteroatoms. The largest absolute Gasteiger partial charge is 0.483 e. The molecule has 0 radical (unpaired) electrons. The molecule has 0 spiro atoms. The molecule has 0 unspecified atom stereocenters. The fourth-order valence-electron chi connectivity index (χ4n) is 3.02.